The van der Waals surface area contributed by atoms with Gasteiger partial charge >= 0.3 is 0 Å². The number of carbonyl (C=O) groups excluding carboxylic acids is 3. The van der Waals surface area contributed by atoms with Crippen LogP contribution in [0.2, 0.25) is 0 Å². The van der Waals surface area contributed by atoms with E-state index in [0.29, 0.717) is 43.0 Å². The van der Waals surface area contributed by atoms with Crippen LogP contribution in [0.5, 0.6) is 0 Å². The lowest BCUT2D eigenvalue weighted by atomic mass is 9.49. The molecule has 0 atom stereocenters. The largest absolute Gasteiger partial charge is 0.385 e. The number of carbonyl (C=O) groups is 3. The van der Waals surface area contributed by atoms with Gasteiger partial charge in [0.1, 0.15) is 0 Å². The van der Waals surface area contributed by atoms with Crippen molar-refractivity contribution >= 4 is 23.4 Å². The van der Waals surface area contributed by atoms with Gasteiger partial charge < -0.3 is 20.3 Å². The fraction of sp³-hybridized carbons (Fsp3) is 0.654. The topological polar surface area (TPSA) is 87.7 Å². The molecule has 1 aromatic rings. The fourth-order valence-corrected chi connectivity index (χ4v) is 6.61. The molecule has 4 aliphatic rings. The first-order chi connectivity index (χ1) is 15.9. The third-order valence-corrected chi connectivity index (χ3v) is 7.67. The van der Waals surface area contributed by atoms with Crippen molar-refractivity contribution in [3.05, 3.63) is 29.8 Å². The Morgan fingerprint density at radius 2 is 1.61 bits per heavy atom. The maximum atomic E-state index is 13.8. The van der Waals surface area contributed by atoms with Gasteiger partial charge in [0, 0.05) is 25.9 Å². The van der Waals surface area contributed by atoms with E-state index in [0.717, 1.165) is 24.8 Å². The Labute approximate surface area is 196 Å². The molecule has 0 unspecified atom stereocenters. The second-order valence-corrected chi connectivity index (χ2v) is 10.5. The predicted octanol–water partition coefficient (Wildman–Crippen LogP) is 3.13. The van der Waals surface area contributed by atoms with Crippen molar-refractivity contribution < 1.29 is 19.1 Å². The minimum Gasteiger partial charge on any atom is -0.385 e. The highest BCUT2D eigenvalue weighted by Gasteiger charge is 2.55. The summed E-state index contributed by atoms with van der Waals surface area (Å²) >= 11 is 0. The molecule has 5 rings (SSSR count). The van der Waals surface area contributed by atoms with E-state index in [-0.39, 0.29) is 36.2 Å². The van der Waals surface area contributed by atoms with Gasteiger partial charge in [-0.3, -0.25) is 14.4 Å². The van der Waals surface area contributed by atoms with Gasteiger partial charge in [-0.2, -0.15) is 0 Å². The number of rotatable bonds is 10. The zero-order valence-electron chi connectivity index (χ0n) is 19.9. The molecule has 33 heavy (non-hydrogen) atoms. The van der Waals surface area contributed by atoms with E-state index in [1.165, 1.54) is 19.3 Å². The van der Waals surface area contributed by atoms with E-state index >= 15 is 0 Å². The number of nitrogens with zero attached hydrogens (tertiary/aromatic N) is 1. The lowest BCUT2D eigenvalue weighted by Crippen LogP contribution is -2.56. The molecule has 3 amide bonds. The van der Waals surface area contributed by atoms with Crippen molar-refractivity contribution in [2.24, 2.45) is 23.2 Å². The number of hydrogen-bond donors (Lipinski definition) is 2. The first-order valence-electron chi connectivity index (χ1n) is 12.3. The molecule has 0 spiro atoms. The number of hydrogen-bond acceptors (Lipinski definition) is 4. The summed E-state index contributed by atoms with van der Waals surface area (Å²) in [6.45, 7) is 2.89. The van der Waals surface area contributed by atoms with Crippen LogP contribution in [0.25, 0.3) is 0 Å². The fourth-order valence-electron chi connectivity index (χ4n) is 6.61. The van der Waals surface area contributed by atoms with Gasteiger partial charge in [0.25, 0.3) is 0 Å². The van der Waals surface area contributed by atoms with Crippen LogP contribution in [0.3, 0.4) is 0 Å². The SMILES string of the molecule is COCCCN(CC(=O)NCC(=O)Nc1ccc(C)cc1)C(=O)C12CC3CC(CC(C3)C1)C2. The molecule has 0 aliphatic heterocycles. The molecule has 0 aromatic heterocycles. The van der Waals surface area contributed by atoms with Gasteiger partial charge in [-0.15, -0.1) is 0 Å². The summed E-state index contributed by atoms with van der Waals surface area (Å²) < 4.78 is 5.18. The van der Waals surface area contributed by atoms with E-state index < -0.39 is 0 Å². The van der Waals surface area contributed by atoms with Gasteiger partial charge in [-0.1, -0.05) is 17.7 Å². The Morgan fingerprint density at radius 1 is 1.00 bits per heavy atom. The summed E-state index contributed by atoms with van der Waals surface area (Å²) in [7, 11) is 1.64. The number of anilines is 1. The van der Waals surface area contributed by atoms with Crippen LogP contribution in [0, 0.1) is 30.1 Å². The van der Waals surface area contributed by atoms with Crippen LogP contribution in [0.15, 0.2) is 24.3 Å². The third kappa shape index (κ3) is 5.75. The molecule has 7 heteroatoms. The number of aryl methyl sites for hydroxylation is 1. The summed E-state index contributed by atoms with van der Waals surface area (Å²) in [5, 5.41) is 5.47. The maximum Gasteiger partial charge on any atom is 0.243 e. The molecule has 2 N–H and O–H groups in total. The summed E-state index contributed by atoms with van der Waals surface area (Å²) in [5.74, 6) is 1.55. The molecule has 4 aliphatic carbocycles. The van der Waals surface area contributed by atoms with Crippen molar-refractivity contribution in [3.8, 4) is 0 Å². The van der Waals surface area contributed by atoms with Crippen LogP contribution in [-0.4, -0.2) is 56.0 Å². The highest BCUT2D eigenvalue weighted by Crippen LogP contribution is 2.60. The molecule has 7 nitrogen and oxygen atoms in total. The van der Waals surface area contributed by atoms with Gasteiger partial charge in [0.05, 0.1) is 18.5 Å². The summed E-state index contributed by atoms with van der Waals surface area (Å²) in [6, 6.07) is 7.50. The van der Waals surface area contributed by atoms with Crippen LogP contribution >= 0.6 is 0 Å². The Kier molecular flexibility index (Phi) is 7.37. The number of benzene rings is 1. The van der Waals surface area contributed by atoms with Gasteiger partial charge in [-0.25, -0.2) is 0 Å². The molecule has 1 aromatic carbocycles. The summed E-state index contributed by atoms with van der Waals surface area (Å²) in [4.78, 5) is 40.4. The minimum atomic E-state index is -0.301. The average molecular weight is 456 g/mol. The lowest BCUT2D eigenvalue weighted by molar-refractivity contribution is -0.159. The quantitative estimate of drug-likeness (QED) is 0.531. The van der Waals surface area contributed by atoms with E-state index in [1.54, 1.807) is 12.0 Å². The molecule has 4 fully saturated rings. The van der Waals surface area contributed by atoms with Crippen LogP contribution in [0.4, 0.5) is 5.69 Å². The van der Waals surface area contributed by atoms with Gasteiger partial charge in [0.15, 0.2) is 0 Å². The molecule has 0 saturated heterocycles. The first kappa shape index (κ1) is 23.7. The normalized spacial score (nSPS) is 27.3. The molecular formula is C26H37N3O4. The molecule has 180 valence electrons. The van der Waals surface area contributed by atoms with E-state index in [9.17, 15) is 14.4 Å². The second kappa shape index (κ2) is 10.2. The Bertz CT molecular complexity index is 832. The monoisotopic (exact) mass is 455 g/mol. The van der Waals surface area contributed by atoms with E-state index in [2.05, 4.69) is 10.6 Å². The highest BCUT2D eigenvalue weighted by atomic mass is 16.5. The van der Waals surface area contributed by atoms with Crippen LogP contribution in [-0.2, 0) is 19.1 Å². The van der Waals surface area contributed by atoms with Crippen LogP contribution in [0.1, 0.15) is 50.5 Å². The average Bonchev–Trinajstić information content (AvgIpc) is 2.77. The second-order valence-electron chi connectivity index (χ2n) is 10.5. The predicted molar refractivity (Wildman–Crippen MR) is 126 cm³/mol. The molecular weight excluding hydrogens is 418 g/mol. The molecule has 0 radical (unpaired) electrons. The van der Waals surface area contributed by atoms with Crippen molar-refractivity contribution in [1.29, 1.82) is 0 Å². The highest BCUT2D eigenvalue weighted by molar-refractivity contribution is 5.95. The number of amides is 3. The van der Waals surface area contributed by atoms with E-state index in [1.807, 2.05) is 31.2 Å². The summed E-state index contributed by atoms with van der Waals surface area (Å²) in [5.41, 5.74) is 1.52. The number of methoxy groups -OCH3 is 1. The molecule has 4 bridgehead atoms. The Morgan fingerprint density at radius 3 is 2.18 bits per heavy atom. The Hall–Kier alpha value is -2.41. The first-order valence-corrected chi connectivity index (χ1v) is 12.3. The molecule has 4 saturated carbocycles. The standard InChI is InChI=1S/C26H37N3O4/c1-18-4-6-22(7-5-18)28-23(30)16-27-24(31)17-29(8-3-9-33-2)25(32)26-13-19-10-20(14-26)12-21(11-19)15-26/h4-7,19-21H,3,8-17H2,1-2H3,(H,27,31)(H,28,30). The van der Waals surface area contributed by atoms with Crippen molar-refractivity contribution in [2.75, 3.05) is 38.7 Å². The zero-order chi connectivity index (χ0) is 23.4. The lowest BCUT2D eigenvalue weighted by Gasteiger charge is -2.56. The Balaban J connectivity index is 1.33. The third-order valence-electron chi connectivity index (χ3n) is 7.67. The van der Waals surface area contributed by atoms with Gasteiger partial charge in [-0.05, 0) is 81.8 Å². The molecule has 0 heterocycles. The smallest absolute Gasteiger partial charge is 0.243 e. The summed E-state index contributed by atoms with van der Waals surface area (Å²) in [6.07, 6.45) is 7.42. The van der Waals surface area contributed by atoms with E-state index in [4.69, 9.17) is 4.74 Å². The zero-order valence-corrected chi connectivity index (χ0v) is 19.9. The number of nitrogens with one attached hydrogen (secondary N) is 2. The van der Waals surface area contributed by atoms with Crippen molar-refractivity contribution in [1.82, 2.24) is 10.2 Å². The van der Waals surface area contributed by atoms with Gasteiger partial charge in [0.2, 0.25) is 17.7 Å². The maximum absolute atomic E-state index is 13.8. The number of ether oxygens (including phenoxy) is 1. The van der Waals surface area contributed by atoms with Crippen molar-refractivity contribution in [3.63, 3.8) is 0 Å². The minimum absolute atomic E-state index is 0.0118. The van der Waals surface area contributed by atoms with Crippen molar-refractivity contribution in [2.45, 2.75) is 51.9 Å². The van der Waals surface area contributed by atoms with Crippen LogP contribution < -0.4 is 10.6 Å².